The number of hydrogen-bond donors (Lipinski definition) is 4. The predicted molar refractivity (Wildman–Crippen MR) is 67.9 cm³/mol. The molecule has 0 spiro atoms. The van der Waals surface area contributed by atoms with Gasteiger partial charge in [0.15, 0.2) is 0 Å². The number of aryl methyl sites for hydroxylation is 1. The molecule has 10 nitrogen and oxygen atoms in total. The van der Waals surface area contributed by atoms with Crippen molar-refractivity contribution in [2.24, 2.45) is 12.2 Å². The number of carbonyl (C=O) groups is 3. The molecule has 1 amide bonds. The maximum Gasteiger partial charge on any atom is 0.326 e. The van der Waals surface area contributed by atoms with Crippen LogP contribution in [0.25, 0.3) is 0 Å². The SMILES string of the molecule is Cn1cc(S(N)(=O)=O)cc1C(=O)NC(CC(=O)O)C(=O)O. The summed E-state index contributed by atoms with van der Waals surface area (Å²) in [7, 11) is -2.66. The van der Waals surface area contributed by atoms with E-state index in [9.17, 15) is 22.8 Å². The standard InChI is InChI=1S/C10H13N3O7S/c1-13-4-5(21(11,19)20)2-7(13)9(16)12-6(10(17)18)3-8(14)15/h2,4,6H,3H2,1H3,(H,12,16)(H,14,15)(H,17,18)(H2,11,19,20). The number of sulfonamides is 1. The molecule has 116 valence electrons. The molecule has 1 aromatic rings. The van der Waals surface area contributed by atoms with Crippen LogP contribution in [0, 0.1) is 0 Å². The smallest absolute Gasteiger partial charge is 0.326 e. The number of nitrogens with one attached hydrogen (secondary N) is 1. The molecule has 1 unspecified atom stereocenters. The minimum absolute atomic E-state index is 0.171. The van der Waals surface area contributed by atoms with Crippen LogP contribution >= 0.6 is 0 Å². The third-order valence-corrected chi connectivity index (χ3v) is 3.40. The minimum atomic E-state index is -4.01. The van der Waals surface area contributed by atoms with Crippen molar-refractivity contribution in [3.05, 3.63) is 18.0 Å². The van der Waals surface area contributed by atoms with E-state index in [0.29, 0.717) is 0 Å². The summed E-state index contributed by atoms with van der Waals surface area (Å²) in [5.74, 6) is -3.85. The average Bonchev–Trinajstić information content (AvgIpc) is 2.69. The van der Waals surface area contributed by atoms with E-state index in [1.54, 1.807) is 0 Å². The molecule has 0 bridgehead atoms. The van der Waals surface area contributed by atoms with Gasteiger partial charge in [-0.25, -0.2) is 18.4 Å². The zero-order valence-electron chi connectivity index (χ0n) is 10.8. The number of carboxylic acids is 2. The zero-order chi connectivity index (χ0) is 16.4. The number of primary sulfonamides is 1. The van der Waals surface area contributed by atoms with Gasteiger partial charge in [0.05, 0.1) is 6.42 Å². The van der Waals surface area contributed by atoms with Crippen molar-refractivity contribution in [1.29, 1.82) is 0 Å². The van der Waals surface area contributed by atoms with E-state index in [1.165, 1.54) is 7.05 Å². The normalized spacial score (nSPS) is 12.7. The lowest BCUT2D eigenvalue weighted by Crippen LogP contribution is -2.42. The molecule has 1 heterocycles. The number of rotatable bonds is 6. The van der Waals surface area contributed by atoms with Gasteiger partial charge in [-0.05, 0) is 6.07 Å². The Labute approximate surface area is 119 Å². The van der Waals surface area contributed by atoms with Crippen molar-refractivity contribution in [1.82, 2.24) is 9.88 Å². The highest BCUT2D eigenvalue weighted by Crippen LogP contribution is 2.12. The first-order valence-electron chi connectivity index (χ1n) is 5.47. The molecule has 5 N–H and O–H groups in total. The lowest BCUT2D eigenvalue weighted by Gasteiger charge is -2.12. The summed E-state index contributed by atoms with van der Waals surface area (Å²) in [4.78, 5) is 32.9. The van der Waals surface area contributed by atoms with Crippen molar-refractivity contribution < 1.29 is 33.0 Å². The highest BCUT2D eigenvalue weighted by Gasteiger charge is 2.25. The lowest BCUT2D eigenvalue weighted by molar-refractivity contribution is -0.145. The maximum atomic E-state index is 11.9. The first-order chi connectivity index (χ1) is 9.52. The fourth-order valence-electron chi connectivity index (χ4n) is 1.52. The number of carbonyl (C=O) groups excluding carboxylic acids is 1. The number of hydrogen-bond acceptors (Lipinski definition) is 5. The largest absolute Gasteiger partial charge is 0.481 e. The summed E-state index contributed by atoms with van der Waals surface area (Å²) in [6.07, 6.45) is 0.269. The van der Waals surface area contributed by atoms with E-state index < -0.39 is 40.3 Å². The van der Waals surface area contributed by atoms with Gasteiger partial charge in [0.1, 0.15) is 16.6 Å². The van der Waals surface area contributed by atoms with Gasteiger partial charge >= 0.3 is 11.9 Å². The van der Waals surface area contributed by atoms with Crippen LogP contribution in [0.15, 0.2) is 17.2 Å². The molecule has 0 aliphatic rings. The van der Waals surface area contributed by atoms with Crippen LogP contribution in [0.3, 0.4) is 0 Å². The highest BCUT2D eigenvalue weighted by atomic mass is 32.2. The molecule has 11 heteroatoms. The molecule has 0 radical (unpaired) electrons. The topological polar surface area (TPSA) is 169 Å². The van der Waals surface area contributed by atoms with Gasteiger partial charge in [0.25, 0.3) is 5.91 Å². The number of nitrogens with two attached hydrogens (primary N) is 1. The van der Waals surface area contributed by atoms with Gasteiger partial charge in [0, 0.05) is 13.2 Å². The fourth-order valence-corrected chi connectivity index (χ4v) is 2.10. The maximum absolute atomic E-state index is 11.9. The molecule has 0 fully saturated rings. The second kappa shape index (κ2) is 5.93. The monoisotopic (exact) mass is 319 g/mol. The first-order valence-corrected chi connectivity index (χ1v) is 7.01. The Hall–Kier alpha value is -2.40. The van der Waals surface area contributed by atoms with E-state index >= 15 is 0 Å². The third-order valence-electron chi connectivity index (χ3n) is 2.52. The second-order valence-electron chi connectivity index (χ2n) is 4.18. The van der Waals surface area contributed by atoms with Crippen LogP contribution in [-0.2, 0) is 26.7 Å². The molecule has 0 saturated carbocycles. The average molecular weight is 319 g/mol. The quantitative estimate of drug-likeness (QED) is 0.485. The lowest BCUT2D eigenvalue weighted by atomic mass is 10.2. The van der Waals surface area contributed by atoms with Crippen LogP contribution < -0.4 is 10.5 Å². The van der Waals surface area contributed by atoms with Gasteiger partial charge in [0.2, 0.25) is 10.0 Å². The van der Waals surface area contributed by atoms with Crippen molar-refractivity contribution in [3.63, 3.8) is 0 Å². The van der Waals surface area contributed by atoms with E-state index in [0.717, 1.165) is 16.8 Å². The third kappa shape index (κ3) is 4.29. The van der Waals surface area contributed by atoms with E-state index in [1.807, 2.05) is 5.32 Å². The summed E-state index contributed by atoms with van der Waals surface area (Å²) in [5, 5.41) is 24.3. The first kappa shape index (κ1) is 16.7. The molecule has 1 atom stereocenters. The van der Waals surface area contributed by atoms with Crippen molar-refractivity contribution in [2.75, 3.05) is 0 Å². The molecule has 0 saturated heterocycles. The van der Waals surface area contributed by atoms with Gasteiger partial charge in [-0.15, -0.1) is 0 Å². The Bertz CT molecular complexity index is 692. The van der Waals surface area contributed by atoms with Gasteiger partial charge in [-0.2, -0.15) is 0 Å². The molecule has 0 aliphatic carbocycles. The molecule has 0 aromatic carbocycles. The molecule has 1 rings (SSSR count). The Kier molecular flexibility index (Phi) is 4.70. The van der Waals surface area contributed by atoms with Gasteiger partial charge < -0.3 is 20.1 Å². The van der Waals surface area contributed by atoms with Crippen molar-refractivity contribution in [2.45, 2.75) is 17.4 Å². The summed E-state index contributed by atoms with van der Waals surface area (Å²) in [5.41, 5.74) is -0.171. The van der Waals surface area contributed by atoms with Crippen molar-refractivity contribution >= 4 is 27.9 Å². The van der Waals surface area contributed by atoms with Crippen LogP contribution in [0.4, 0.5) is 0 Å². The van der Waals surface area contributed by atoms with Crippen LogP contribution in [-0.4, -0.2) is 47.1 Å². The second-order valence-corrected chi connectivity index (χ2v) is 5.74. The number of carboxylic acid groups (broad SMARTS) is 2. The van der Waals surface area contributed by atoms with Crippen LogP contribution in [0.2, 0.25) is 0 Å². The number of aromatic nitrogens is 1. The molecule has 1 aromatic heterocycles. The minimum Gasteiger partial charge on any atom is -0.481 e. The van der Waals surface area contributed by atoms with Crippen LogP contribution in [0.5, 0.6) is 0 Å². The Morgan fingerprint density at radius 3 is 2.33 bits per heavy atom. The Morgan fingerprint density at radius 1 is 1.38 bits per heavy atom. The van der Waals surface area contributed by atoms with E-state index in [-0.39, 0.29) is 10.6 Å². The Balaban J connectivity index is 3.01. The molecular formula is C10H13N3O7S. The highest BCUT2D eigenvalue weighted by molar-refractivity contribution is 7.89. The number of amides is 1. The number of aliphatic carboxylic acids is 2. The molecule has 21 heavy (non-hydrogen) atoms. The Morgan fingerprint density at radius 2 is 1.95 bits per heavy atom. The van der Waals surface area contributed by atoms with Gasteiger partial charge in [-0.3, -0.25) is 9.59 Å². The predicted octanol–water partition coefficient (Wildman–Crippen LogP) is -1.67. The zero-order valence-corrected chi connectivity index (χ0v) is 11.6. The summed E-state index contributed by atoms with van der Waals surface area (Å²) in [6.45, 7) is 0. The molecular weight excluding hydrogens is 306 g/mol. The summed E-state index contributed by atoms with van der Waals surface area (Å²) in [6, 6.07) is -0.674. The van der Waals surface area contributed by atoms with Crippen LogP contribution in [0.1, 0.15) is 16.9 Å². The summed E-state index contributed by atoms with van der Waals surface area (Å²) < 4.78 is 23.4. The molecule has 0 aliphatic heterocycles. The number of nitrogens with zero attached hydrogens (tertiary/aromatic N) is 1. The van der Waals surface area contributed by atoms with E-state index in [2.05, 4.69) is 0 Å². The summed E-state index contributed by atoms with van der Waals surface area (Å²) >= 11 is 0. The fraction of sp³-hybridized carbons (Fsp3) is 0.300. The van der Waals surface area contributed by atoms with E-state index in [4.69, 9.17) is 15.4 Å². The van der Waals surface area contributed by atoms with Crippen molar-refractivity contribution in [3.8, 4) is 0 Å². The van der Waals surface area contributed by atoms with Gasteiger partial charge in [-0.1, -0.05) is 0 Å².